The predicted octanol–water partition coefficient (Wildman–Crippen LogP) is 1.68. The van der Waals surface area contributed by atoms with Gasteiger partial charge in [0.15, 0.2) is 0 Å². The molecule has 102 valence electrons. The molecule has 1 atom stereocenters. The van der Waals surface area contributed by atoms with Crippen LogP contribution < -0.4 is 11.1 Å². The normalized spacial score (nSPS) is 13.6. The van der Waals surface area contributed by atoms with Crippen LogP contribution in [0.15, 0.2) is 24.3 Å². The van der Waals surface area contributed by atoms with E-state index in [-0.39, 0.29) is 0 Å². The molecule has 0 spiro atoms. The summed E-state index contributed by atoms with van der Waals surface area (Å²) in [5.74, 6) is 0. The Hall–Kier alpha value is -1.11. The van der Waals surface area contributed by atoms with E-state index in [2.05, 4.69) is 5.32 Å². The van der Waals surface area contributed by atoms with Crippen LogP contribution in [0.25, 0.3) is 0 Å². The molecule has 0 bridgehead atoms. The number of nitrogens with two attached hydrogens (primary N) is 1. The van der Waals surface area contributed by atoms with Crippen molar-refractivity contribution in [1.29, 1.82) is 0 Å². The van der Waals surface area contributed by atoms with Gasteiger partial charge >= 0.3 is 6.18 Å². The number of hydrogen-bond acceptors (Lipinski definition) is 3. The summed E-state index contributed by atoms with van der Waals surface area (Å²) < 4.78 is 37.0. The van der Waals surface area contributed by atoms with E-state index in [1.807, 2.05) is 0 Å². The zero-order chi connectivity index (χ0) is 13.6. The molecular weight excluding hydrogens is 245 g/mol. The number of aliphatic hydroxyl groups is 1. The largest absolute Gasteiger partial charge is 0.416 e. The van der Waals surface area contributed by atoms with Gasteiger partial charge in [0.05, 0.1) is 11.7 Å². The first kappa shape index (κ1) is 14.9. The third-order valence-corrected chi connectivity index (χ3v) is 2.52. The van der Waals surface area contributed by atoms with Crippen LogP contribution >= 0.6 is 0 Å². The fourth-order valence-corrected chi connectivity index (χ4v) is 1.48. The van der Waals surface area contributed by atoms with Gasteiger partial charge in [0.2, 0.25) is 0 Å². The van der Waals surface area contributed by atoms with E-state index in [0.29, 0.717) is 25.2 Å². The molecular formula is C12H17F3N2O. The molecule has 0 saturated heterocycles. The van der Waals surface area contributed by atoms with Gasteiger partial charge in [-0.2, -0.15) is 13.2 Å². The maximum Gasteiger partial charge on any atom is 0.416 e. The number of hydrogen-bond donors (Lipinski definition) is 3. The second-order valence-corrected chi connectivity index (χ2v) is 3.98. The number of aliphatic hydroxyl groups excluding tert-OH is 1. The maximum atomic E-state index is 12.3. The predicted molar refractivity (Wildman–Crippen MR) is 62.9 cm³/mol. The van der Waals surface area contributed by atoms with Crippen molar-refractivity contribution in [3.63, 3.8) is 0 Å². The van der Waals surface area contributed by atoms with Gasteiger partial charge in [-0.3, -0.25) is 0 Å². The number of rotatable bonds is 6. The summed E-state index contributed by atoms with van der Waals surface area (Å²) in [6.07, 6.45) is -4.37. The van der Waals surface area contributed by atoms with Crippen molar-refractivity contribution in [2.75, 3.05) is 19.6 Å². The number of halogens is 3. The molecule has 0 amide bonds. The van der Waals surface area contributed by atoms with E-state index >= 15 is 0 Å². The average molecular weight is 262 g/mol. The van der Waals surface area contributed by atoms with Crippen LogP contribution in [0.1, 0.15) is 23.7 Å². The SMILES string of the molecule is NCCCNCC(O)c1ccc(C(F)(F)F)cc1. The van der Waals surface area contributed by atoms with Gasteiger partial charge in [-0.25, -0.2) is 0 Å². The molecule has 0 heterocycles. The number of nitrogens with one attached hydrogen (secondary N) is 1. The first-order chi connectivity index (χ1) is 8.45. The summed E-state index contributed by atoms with van der Waals surface area (Å²) in [7, 11) is 0. The number of benzene rings is 1. The summed E-state index contributed by atoms with van der Waals surface area (Å²) in [6, 6.07) is 4.52. The van der Waals surface area contributed by atoms with Crippen molar-refractivity contribution in [2.45, 2.75) is 18.7 Å². The quantitative estimate of drug-likeness (QED) is 0.684. The highest BCUT2D eigenvalue weighted by atomic mass is 19.4. The van der Waals surface area contributed by atoms with Crippen molar-refractivity contribution in [3.8, 4) is 0 Å². The van der Waals surface area contributed by atoms with Crippen LogP contribution in [0, 0.1) is 0 Å². The van der Waals surface area contributed by atoms with Gasteiger partial charge in [0, 0.05) is 6.54 Å². The summed E-state index contributed by atoms with van der Waals surface area (Å²) in [4.78, 5) is 0. The van der Waals surface area contributed by atoms with Crippen LogP contribution in [-0.4, -0.2) is 24.7 Å². The number of alkyl halides is 3. The highest BCUT2D eigenvalue weighted by Gasteiger charge is 2.30. The van der Waals surface area contributed by atoms with Crippen LogP contribution in [0.4, 0.5) is 13.2 Å². The summed E-state index contributed by atoms with van der Waals surface area (Å²) in [6.45, 7) is 1.53. The lowest BCUT2D eigenvalue weighted by Gasteiger charge is -2.13. The van der Waals surface area contributed by atoms with E-state index in [1.165, 1.54) is 12.1 Å². The van der Waals surface area contributed by atoms with E-state index in [4.69, 9.17) is 5.73 Å². The topological polar surface area (TPSA) is 58.3 Å². The molecule has 3 nitrogen and oxygen atoms in total. The van der Waals surface area contributed by atoms with Crippen LogP contribution in [0.3, 0.4) is 0 Å². The minimum absolute atomic E-state index is 0.297. The molecule has 6 heteroatoms. The molecule has 0 radical (unpaired) electrons. The van der Waals surface area contributed by atoms with Gasteiger partial charge in [-0.05, 0) is 37.2 Å². The van der Waals surface area contributed by atoms with Gasteiger partial charge in [0.1, 0.15) is 0 Å². The Morgan fingerprint density at radius 2 is 1.83 bits per heavy atom. The first-order valence-corrected chi connectivity index (χ1v) is 5.71. The van der Waals surface area contributed by atoms with Crippen molar-refractivity contribution >= 4 is 0 Å². The Morgan fingerprint density at radius 1 is 1.22 bits per heavy atom. The first-order valence-electron chi connectivity index (χ1n) is 5.71. The van der Waals surface area contributed by atoms with E-state index in [0.717, 1.165) is 18.6 Å². The molecule has 0 aromatic heterocycles. The molecule has 0 fully saturated rings. The van der Waals surface area contributed by atoms with Gasteiger partial charge < -0.3 is 16.2 Å². The van der Waals surface area contributed by atoms with Gasteiger partial charge in [-0.15, -0.1) is 0 Å². The Morgan fingerprint density at radius 3 is 2.33 bits per heavy atom. The van der Waals surface area contributed by atoms with Crippen molar-refractivity contribution < 1.29 is 18.3 Å². The minimum Gasteiger partial charge on any atom is -0.387 e. The Kier molecular flexibility index (Phi) is 5.58. The van der Waals surface area contributed by atoms with Gasteiger partial charge in [-0.1, -0.05) is 12.1 Å². The molecule has 4 N–H and O–H groups in total. The van der Waals surface area contributed by atoms with Crippen molar-refractivity contribution in [1.82, 2.24) is 5.32 Å². The third-order valence-electron chi connectivity index (χ3n) is 2.52. The highest BCUT2D eigenvalue weighted by molar-refractivity contribution is 5.26. The molecule has 1 rings (SSSR count). The summed E-state index contributed by atoms with van der Waals surface area (Å²) in [5.41, 5.74) is 5.05. The summed E-state index contributed by atoms with van der Waals surface area (Å²) >= 11 is 0. The smallest absolute Gasteiger partial charge is 0.387 e. The highest BCUT2D eigenvalue weighted by Crippen LogP contribution is 2.29. The fourth-order valence-electron chi connectivity index (χ4n) is 1.48. The minimum atomic E-state index is -4.34. The molecule has 0 saturated carbocycles. The van der Waals surface area contributed by atoms with Crippen LogP contribution in [0.2, 0.25) is 0 Å². The lowest BCUT2D eigenvalue weighted by atomic mass is 10.1. The van der Waals surface area contributed by atoms with Crippen molar-refractivity contribution in [2.24, 2.45) is 5.73 Å². The van der Waals surface area contributed by atoms with Crippen LogP contribution in [-0.2, 0) is 6.18 Å². The lowest BCUT2D eigenvalue weighted by molar-refractivity contribution is -0.137. The maximum absolute atomic E-state index is 12.3. The lowest BCUT2D eigenvalue weighted by Crippen LogP contribution is -2.24. The Bertz CT molecular complexity index is 351. The molecule has 1 unspecified atom stereocenters. The molecule has 0 aliphatic rings. The Balaban J connectivity index is 2.51. The summed E-state index contributed by atoms with van der Waals surface area (Å²) in [5, 5.41) is 12.7. The van der Waals surface area contributed by atoms with Crippen molar-refractivity contribution in [3.05, 3.63) is 35.4 Å². The molecule has 0 aliphatic carbocycles. The van der Waals surface area contributed by atoms with E-state index < -0.39 is 17.8 Å². The zero-order valence-electron chi connectivity index (χ0n) is 9.87. The van der Waals surface area contributed by atoms with E-state index in [9.17, 15) is 18.3 Å². The fraction of sp³-hybridized carbons (Fsp3) is 0.500. The second kappa shape index (κ2) is 6.72. The monoisotopic (exact) mass is 262 g/mol. The Labute approximate surface area is 104 Å². The van der Waals surface area contributed by atoms with Gasteiger partial charge in [0.25, 0.3) is 0 Å². The van der Waals surface area contributed by atoms with E-state index in [1.54, 1.807) is 0 Å². The molecule has 1 aromatic carbocycles. The third kappa shape index (κ3) is 4.64. The zero-order valence-corrected chi connectivity index (χ0v) is 9.87. The average Bonchev–Trinajstić information content (AvgIpc) is 2.33. The van der Waals surface area contributed by atoms with Crippen LogP contribution in [0.5, 0.6) is 0 Å². The standard InChI is InChI=1S/C12H17F3N2O/c13-12(14,15)10-4-2-9(3-5-10)11(18)8-17-7-1-6-16/h2-5,11,17-18H,1,6-8,16H2. The second-order valence-electron chi connectivity index (χ2n) is 3.98. The molecule has 1 aromatic rings. The molecule has 0 aliphatic heterocycles. The molecule has 18 heavy (non-hydrogen) atoms.